The molecule has 0 aliphatic heterocycles. The highest BCUT2D eigenvalue weighted by molar-refractivity contribution is 7.19. The molecule has 0 atom stereocenters. The predicted molar refractivity (Wildman–Crippen MR) is 278 cm³/mol. The summed E-state index contributed by atoms with van der Waals surface area (Å²) in [5, 5.41) is 12.3. The maximum Gasteiger partial charge on any atom is 0.179 e. The van der Waals surface area contributed by atoms with Gasteiger partial charge in [-0.1, -0.05) is 200 Å². The number of hydrogen-bond donors (Lipinski definition) is 0. The first-order valence-corrected chi connectivity index (χ1v) is 24.3. The minimum absolute atomic E-state index is 0.906. The van der Waals surface area contributed by atoms with Crippen LogP contribution in [0, 0.1) is 0 Å². The van der Waals surface area contributed by atoms with Crippen LogP contribution in [0.5, 0.6) is 0 Å². The molecule has 0 amide bonds. The highest BCUT2D eigenvalue weighted by atomic mass is 28.3. The minimum atomic E-state index is -2.81. The van der Waals surface area contributed by atoms with Gasteiger partial charge in [0, 0.05) is 33.2 Å². The minimum Gasteiger partial charge on any atom is -0.455 e. The SMILES string of the molecule is c1ccc(-c2cccc3ccc(-c4ccc(N(c5cccc([Si](c6ccccc6)(c6ccccc6)c6ccccc6)c5)c5ccc6c(ccc7c8ccccc8oc67)c5)cc4)cc23)cc1. The van der Waals surface area contributed by atoms with Crippen LogP contribution in [0.1, 0.15) is 0 Å². The summed E-state index contributed by atoms with van der Waals surface area (Å²) in [4.78, 5) is 2.42. The average molecular weight is 846 g/mol. The van der Waals surface area contributed by atoms with Crippen molar-refractivity contribution in [1.82, 2.24) is 0 Å². The zero-order valence-electron chi connectivity index (χ0n) is 35.7. The van der Waals surface area contributed by atoms with E-state index in [0.29, 0.717) is 0 Å². The number of anilines is 3. The molecule has 0 aliphatic rings. The van der Waals surface area contributed by atoms with E-state index in [4.69, 9.17) is 4.42 Å². The molecule has 306 valence electrons. The summed E-state index contributed by atoms with van der Waals surface area (Å²) in [7, 11) is -2.81. The number of hydrogen-bond acceptors (Lipinski definition) is 2. The van der Waals surface area contributed by atoms with E-state index >= 15 is 0 Å². The zero-order valence-corrected chi connectivity index (χ0v) is 36.7. The maximum absolute atomic E-state index is 6.52. The lowest BCUT2D eigenvalue weighted by Crippen LogP contribution is -2.74. The Morgan fingerprint density at radius 3 is 1.55 bits per heavy atom. The third-order valence-corrected chi connectivity index (χ3v) is 18.0. The first kappa shape index (κ1) is 38.4. The third kappa shape index (κ3) is 6.64. The van der Waals surface area contributed by atoms with Gasteiger partial charge in [-0.15, -0.1) is 0 Å². The summed E-state index contributed by atoms with van der Waals surface area (Å²) in [6, 6.07) is 95.5. The lowest BCUT2D eigenvalue weighted by atomic mass is 9.95. The summed E-state index contributed by atoms with van der Waals surface area (Å²) in [6.07, 6.45) is 0. The van der Waals surface area contributed by atoms with Gasteiger partial charge in [0.15, 0.2) is 8.07 Å². The van der Waals surface area contributed by atoms with Crippen molar-refractivity contribution in [2.75, 3.05) is 4.90 Å². The first-order valence-electron chi connectivity index (χ1n) is 22.3. The summed E-state index contributed by atoms with van der Waals surface area (Å²) in [6.45, 7) is 0. The third-order valence-electron chi connectivity index (χ3n) is 13.2. The Bertz CT molecular complexity index is 3540. The van der Waals surface area contributed by atoms with Crippen molar-refractivity contribution in [2.45, 2.75) is 0 Å². The van der Waals surface area contributed by atoms with Crippen LogP contribution in [0.4, 0.5) is 17.1 Å². The van der Waals surface area contributed by atoms with Crippen LogP contribution >= 0.6 is 0 Å². The predicted octanol–water partition coefficient (Wildman–Crippen LogP) is 14.1. The molecular formula is C62H43NOSi. The lowest BCUT2D eigenvalue weighted by molar-refractivity contribution is 0.672. The molecule has 3 heteroatoms. The Morgan fingerprint density at radius 1 is 0.292 bits per heavy atom. The highest BCUT2D eigenvalue weighted by Gasteiger charge is 2.41. The smallest absolute Gasteiger partial charge is 0.179 e. The van der Waals surface area contributed by atoms with Gasteiger partial charge in [-0.05, 0) is 120 Å². The molecule has 0 bridgehead atoms. The second-order valence-electron chi connectivity index (χ2n) is 16.8. The molecule has 0 radical (unpaired) electrons. The van der Waals surface area contributed by atoms with Crippen LogP contribution in [-0.4, -0.2) is 8.07 Å². The Kier molecular flexibility index (Phi) is 9.55. The molecule has 0 N–H and O–H groups in total. The Hall–Kier alpha value is -8.24. The molecule has 0 aliphatic carbocycles. The van der Waals surface area contributed by atoms with Crippen LogP contribution in [0.15, 0.2) is 265 Å². The first-order chi connectivity index (χ1) is 32.2. The highest BCUT2D eigenvalue weighted by Crippen LogP contribution is 2.40. The van der Waals surface area contributed by atoms with Crippen LogP contribution in [0.25, 0.3) is 65.7 Å². The Balaban J connectivity index is 1.04. The van der Waals surface area contributed by atoms with E-state index < -0.39 is 8.07 Å². The largest absolute Gasteiger partial charge is 0.455 e. The van der Waals surface area contributed by atoms with E-state index in [0.717, 1.165) is 49.8 Å². The van der Waals surface area contributed by atoms with E-state index in [1.165, 1.54) is 53.8 Å². The van der Waals surface area contributed by atoms with Crippen molar-refractivity contribution < 1.29 is 4.42 Å². The molecule has 12 rings (SSSR count). The van der Waals surface area contributed by atoms with Crippen LogP contribution in [-0.2, 0) is 0 Å². The average Bonchev–Trinajstić information content (AvgIpc) is 3.77. The number of furan rings is 1. The molecule has 12 aromatic rings. The fourth-order valence-corrected chi connectivity index (χ4v) is 14.9. The van der Waals surface area contributed by atoms with E-state index in [1.54, 1.807) is 0 Å². The van der Waals surface area contributed by atoms with Crippen LogP contribution in [0.2, 0.25) is 0 Å². The molecule has 1 aromatic heterocycles. The van der Waals surface area contributed by atoms with Gasteiger partial charge < -0.3 is 9.32 Å². The molecule has 11 aromatic carbocycles. The monoisotopic (exact) mass is 845 g/mol. The van der Waals surface area contributed by atoms with Gasteiger partial charge >= 0.3 is 0 Å². The van der Waals surface area contributed by atoms with Gasteiger partial charge in [-0.2, -0.15) is 0 Å². The molecular weight excluding hydrogens is 803 g/mol. The fourth-order valence-electron chi connectivity index (χ4n) is 10.2. The van der Waals surface area contributed by atoms with E-state index in [1.807, 2.05) is 6.07 Å². The Morgan fingerprint density at radius 2 is 0.846 bits per heavy atom. The second kappa shape index (κ2) is 16.1. The van der Waals surface area contributed by atoms with Crippen molar-refractivity contribution >= 4 is 89.4 Å². The van der Waals surface area contributed by atoms with Gasteiger partial charge in [0.25, 0.3) is 0 Å². The fraction of sp³-hybridized carbons (Fsp3) is 0. The number of rotatable bonds is 9. The number of benzene rings is 11. The Labute approximate surface area is 379 Å². The molecule has 65 heavy (non-hydrogen) atoms. The van der Waals surface area contributed by atoms with E-state index in [2.05, 4.69) is 260 Å². The van der Waals surface area contributed by atoms with Crippen molar-refractivity contribution in [3.8, 4) is 22.3 Å². The normalized spacial score (nSPS) is 11.7. The standard InChI is InChI=1S/C62H43NOSi/c1-5-17-45(18-6-1)56-29-15-19-46-31-32-47(42-60(46)56)44-33-36-49(37-34-44)63(51-38-40-57-48(41-51)35-39-59-58-28-13-14-30-61(58)64-62(57)59)50-20-16-27-55(43-50)65(52-21-7-2-8-22-52,53-23-9-3-10-24-53)54-25-11-4-12-26-54/h1-43H. The van der Waals surface area contributed by atoms with Crippen LogP contribution in [0.3, 0.4) is 0 Å². The summed E-state index contributed by atoms with van der Waals surface area (Å²) >= 11 is 0. The summed E-state index contributed by atoms with van der Waals surface area (Å²) < 4.78 is 6.52. The summed E-state index contributed by atoms with van der Waals surface area (Å²) in [5.41, 5.74) is 9.88. The van der Waals surface area contributed by atoms with Gasteiger partial charge in [0.1, 0.15) is 11.2 Å². The van der Waals surface area contributed by atoms with Gasteiger partial charge in [0.05, 0.1) is 0 Å². The molecule has 0 saturated heterocycles. The van der Waals surface area contributed by atoms with Crippen molar-refractivity contribution in [3.05, 3.63) is 261 Å². The van der Waals surface area contributed by atoms with E-state index in [-0.39, 0.29) is 0 Å². The van der Waals surface area contributed by atoms with E-state index in [9.17, 15) is 0 Å². The maximum atomic E-state index is 6.52. The zero-order chi connectivity index (χ0) is 43.2. The van der Waals surface area contributed by atoms with Crippen LogP contribution < -0.4 is 25.6 Å². The van der Waals surface area contributed by atoms with Crippen molar-refractivity contribution in [2.24, 2.45) is 0 Å². The summed E-state index contributed by atoms with van der Waals surface area (Å²) in [5.74, 6) is 0. The molecule has 2 nitrogen and oxygen atoms in total. The molecule has 0 saturated carbocycles. The van der Waals surface area contributed by atoms with Gasteiger partial charge in [-0.3, -0.25) is 0 Å². The lowest BCUT2D eigenvalue weighted by Gasteiger charge is -2.35. The molecule has 0 spiro atoms. The molecule has 1 heterocycles. The molecule has 0 fully saturated rings. The van der Waals surface area contributed by atoms with Crippen molar-refractivity contribution in [3.63, 3.8) is 0 Å². The van der Waals surface area contributed by atoms with Crippen molar-refractivity contribution in [1.29, 1.82) is 0 Å². The molecule has 0 unspecified atom stereocenters. The van der Waals surface area contributed by atoms with Gasteiger partial charge in [0.2, 0.25) is 0 Å². The second-order valence-corrected chi connectivity index (χ2v) is 20.6. The number of nitrogens with zero attached hydrogens (tertiary/aromatic N) is 1. The topological polar surface area (TPSA) is 16.4 Å². The number of fused-ring (bicyclic) bond motifs is 6. The van der Waals surface area contributed by atoms with Gasteiger partial charge in [-0.25, -0.2) is 0 Å². The quantitative estimate of drug-likeness (QED) is 0.106. The number of para-hydroxylation sites is 1.